The van der Waals surface area contributed by atoms with E-state index in [1.54, 1.807) is 25.3 Å². The molecule has 6 heteroatoms. The molecule has 0 bridgehead atoms. The molecule has 0 saturated heterocycles. The first-order valence-electron chi connectivity index (χ1n) is 6.39. The van der Waals surface area contributed by atoms with Crippen LogP contribution in [0.2, 0.25) is 0 Å². The summed E-state index contributed by atoms with van der Waals surface area (Å²) in [5, 5.41) is 2.88. The van der Waals surface area contributed by atoms with Crippen LogP contribution >= 0.6 is 12.2 Å². The largest absolute Gasteiger partial charge is 0.493 e. The predicted octanol–water partition coefficient (Wildman–Crippen LogP) is 1.50. The molecule has 1 aliphatic carbocycles. The van der Waals surface area contributed by atoms with Crippen molar-refractivity contribution in [3.8, 4) is 11.5 Å². The number of nitrogens with two attached hydrogens (primary N) is 1. The zero-order valence-corrected chi connectivity index (χ0v) is 12.3. The molecule has 0 radical (unpaired) electrons. The van der Waals surface area contributed by atoms with Gasteiger partial charge in [0.15, 0.2) is 11.5 Å². The Balaban J connectivity index is 2.14. The second-order valence-corrected chi connectivity index (χ2v) is 5.23. The number of hydrogen-bond acceptors (Lipinski definition) is 4. The van der Waals surface area contributed by atoms with Crippen LogP contribution < -0.4 is 20.5 Å². The molecule has 0 aromatic heterocycles. The molecule has 3 N–H and O–H groups in total. The van der Waals surface area contributed by atoms with Gasteiger partial charge in [-0.1, -0.05) is 12.2 Å². The topological polar surface area (TPSA) is 73.6 Å². The van der Waals surface area contributed by atoms with Gasteiger partial charge in [-0.25, -0.2) is 0 Å². The standard InChI is InChI=1S/C14H18N2O3S/c1-18-10-6-5-9(7-11(10)19-2)14(17)16-12(13(15)20)8-3-4-8/h5-8,12H,3-4H2,1-2H3,(H2,15,20)(H,16,17). The number of carbonyl (C=O) groups excluding carboxylic acids is 1. The molecule has 1 amide bonds. The third-order valence-electron chi connectivity index (χ3n) is 3.33. The molecule has 20 heavy (non-hydrogen) atoms. The van der Waals surface area contributed by atoms with E-state index in [-0.39, 0.29) is 11.9 Å². The number of benzene rings is 1. The van der Waals surface area contributed by atoms with Gasteiger partial charge in [-0.15, -0.1) is 0 Å². The summed E-state index contributed by atoms with van der Waals surface area (Å²) in [6, 6.07) is 4.78. The number of rotatable bonds is 6. The third kappa shape index (κ3) is 3.19. The Kier molecular flexibility index (Phi) is 4.44. The first kappa shape index (κ1) is 14.6. The van der Waals surface area contributed by atoms with Gasteiger partial charge in [-0.05, 0) is 37.0 Å². The molecule has 0 heterocycles. The fourth-order valence-electron chi connectivity index (χ4n) is 2.05. The third-order valence-corrected chi connectivity index (χ3v) is 3.59. The minimum absolute atomic E-state index is 0.212. The highest BCUT2D eigenvalue weighted by molar-refractivity contribution is 7.80. The summed E-state index contributed by atoms with van der Waals surface area (Å²) >= 11 is 5.01. The minimum Gasteiger partial charge on any atom is -0.493 e. The Hall–Kier alpha value is -1.82. The summed E-state index contributed by atoms with van der Waals surface area (Å²) < 4.78 is 10.3. The van der Waals surface area contributed by atoms with E-state index in [2.05, 4.69) is 5.32 Å². The van der Waals surface area contributed by atoms with Crippen LogP contribution in [0.5, 0.6) is 11.5 Å². The molecular formula is C14H18N2O3S. The lowest BCUT2D eigenvalue weighted by Gasteiger charge is -2.17. The lowest BCUT2D eigenvalue weighted by Crippen LogP contribution is -2.45. The van der Waals surface area contributed by atoms with Crippen molar-refractivity contribution in [2.45, 2.75) is 18.9 Å². The molecule has 5 nitrogen and oxygen atoms in total. The molecule has 2 rings (SSSR count). The maximum atomic E-state index is 12.2. The average molecular weight is 294 g/mol. The summed E-state index contributed by atoms with van der Waals surface area (Å²) in [5.74, 6) is 1.25. The van der Waals surface area contributed by atoms with Crippen molar-refractivity contribution in [2.75, 3.05) is 14.2 Å². The maximum absolute atomic E-state index is 12.2. The fourth-order valence-corrected chi connectivity index (χ4v) is 2.30. The van der Waals surface area contributed by atoms with Crippen molar-refractivity contribution in [3.05, 3.63) is 23.8 Å². The maximum Gasteiger partial charge on any atom is 0.251 e. The Labute approximate surface area is 123 Å². The molecule has 1 aromatic carbocycles. The fraction of sp³-hybridized carbons (Fsp3) is 0.429. The zero-order chi connectivity index (χ0) is 14.7. The van der Waals surface area contributed by atoms with E-state index in [4.69, 9.17) is 27.4 Å². The molecule has 1 aliphatic rings. The first-order valence-corrected chi connectivity index (χ1v) is 6.80. The number of amides is 1. The highest BCUT2D eigenvalue weighted by atomic mass is 32.1. The SMILES string of the molecule is COc1ccc(C(=O)NC(C(N)=S)C2CC2)cc1OC. The lowest BCUT2D eigenvalue weighted by molar-refractivity contribution is 0.0943. The molecule has 1 saturated carbocycles. The van der Waals surface area contributed by atoms with Crippen LogP contribution in [-0.4, -0.2) is 31.2 Å². The summed E-state index contributed by atoms with van der Waals surface area (Å²) in [6.07, 6.45) is 2.10. The van der Waals surface area contributed by atoms with E-state index in [0.717, 1.165) is 12.8 Å². The van der Waals surface area contributed by atoms with Gasteiger partial charge in [0, 0.05) is 5.56 Å². The van der Waals surface area contributed by atoms with E-state index in [9.17, 15) is 4.79 Å². The Morgan fingerprint density at radius 1 is 1.35 bits per heavy atom. The lowest BCUT2D eigenvalue weighted by atomic mass is 10.1. The molecule has 1 atom stereocenters. The molecule has 1 unspecified atom stereocenters. The molecule has 108 valence electrons. The van der Waals surface area contributed by atoms with Gasteiger partial charge in [0.25, 0.3) is 5.91 Å². The van der Waals surface area contributed by atoms with Gasteiger partial charge in [0.05, 0.1) is 25.2 Å². The van der Waals surface area contributed by atoms with Crippen molar-refractivity contribution in [2.24, 2.45) is 11.7 Å². The molecule has 1 aromatic rings. The van der Waals surface area contributed by atoms with Crippen LogP contribution in [0.25, 0.3) is 0 Å². The van der Waals surface area contributed by atoms with Crippen LogP contribution in [0.15, 0.2) is 18.2 Å². The van der Waals surface area contributed by atoms with Crippen molar-refractivity contribution < 1.29 is 14.3 Å². The minimum atomic E-state index is -0.231. The van der Waals surface area contributed by atoms with Crippen LogP contribution in [0.1, 0.15) is 23.2 Å². The second kappa shape index (κ2) is 6.09. The van der Waals surface area contributed by atoms with E-state index in [1.807, 2.05) is 0 Å². The van der Waals surface area contributed by atoms with Gasteiger partial charge in [-0.3, -0.25) is 4.79 Å². The van der Waals surface area contributed by atoms with E-state index >= 15 is 0 Å². The van der Waals surface area contributed by atoms with Gasteiger partial charge < -0.3 is 20.5 Å². The number of ether oxygens (including phenoxy) is 2. The van der Waals surface area contributed by atoms with Gasteiger partial charge in [0.2, 0.25) is 0 Å². The number of nitrogens with one attached hydrogen (secondary N) is 1. The van der Waals surface area contributed by atoms with E-state index < -0.39 is 0 Å². The van der Waals surface area contributed by atoms with Crippen molar-refractivity contribution >= 4 is 23.1 Å². The van der Waals surface area contributed by atoms with Crippen molar-refractivity contribution in [1.29, 1.82) is 0 Å². The summed E-state index contributed by atoms with van der Waals surface area (Å²) in [5.41, 5.74) is 6.17. The van der Waals surface area contributed by atoms with Crippen LogP contribution in [0.4, 0.5) is 0 Å². The van der Waals surface area contributed by atoms with Gasteiger partial charge in [-0.2, -0.15) is 0 Å². The number of thiocarbonyl (C=S) groups is 1. The van der Waals surface area contributed by atoms with Crippen LogP contribution in [-0.2, 0) is 0 Å². The average Bonchev–Trinajstić information content (AvgIpc) is 3.27. The van der Waals surface area contributed by atoms with Crippen LogP contribution in [0, 0.1) is 5.92 Å². The first-order chi connectivity index (χ1) is 9.56. The predicted molar refractivity (Wildman–Crippen MR) is 80.3 cm³/mol. The summed E-state index contributed by atoms with van der Waals surface area (Å²) in [4.78, 5) is 12.6. The zero-order valence-electron chi connectivity index (χ0n) is 11.5. The van der Waals surface area contributed by atoms with Crippen LogP contribution in [0.3, 0.4) is 0 Å². The number of carbonyl (C=O) groups is 1. The quantitative estimate of drug-likeness (QED) is 0.778. The summed E-state index contributed by atoms with van der Waals surface area (Å²) in [6.45, 7) is 0. The smallest absolute Gasteiger partial charge is 0.251 e. The molecule has 0 spiro atoms. The normalized spacial score (nSPS) is 15.3. The van der Waals surface area contributed by atoms with E-state index in [1.165, 1.54) is 7.11 Å². The van der Waals surface area contributed by atoms with Crippen molar-refractivity contribution in [3.63, 3.8) is 0 Å². The molecular weight excluding hydrogens is 276 g/mol. The van der Waals surface area contributed by atoms with Gasteiger partial charge >= 0.3 is 0 Å². The monoisotopic (exact) mass is 294 g/mol. The number of hydrogen-bond donors (Lipinski definition) is 2. The van der Waals surface area contributed by atoms with Crippen molar-refractivity contribution in [1.82, 2.24) is 5.32 Å². The second-order valence-electron chi connectivity index (χ2n) is 4.76. The Bertz CT molecular complexity index is 529. The summed E-state index contributed by atoms with van der Waals surface area (Å²) in [7, 11) is 3.08. The molecule has 1 fully saturated rings. The Morgan fingerprint density at radius 2 is 2.00 bits per heavy atom. The number of methoxy groups -OCH3 is 2. The molecule has 0 aliphatic heterocycles. The highest BCUT2D eigenvalue weighted by Gasteiger charge is 2.34. The highest BCUT2D eigenvalue weighted by Crippen LogP contribution is 2.33. The Morgan fingerprint density at radius 3 is 2.50 bits per heavy atom. The van der Waals surface area contributed by atoms with E-state index in [0.29, 0.717) is 28.0 Å². The van der Waals surface area contributed by atoms with Gasteiger partial charge in [0.1, 0.15) is 0 Å².